The molecule has 24 heavy (non-hydrogen) atoms. The Morgan fingerprint density at radius 3 is 2.75 bits per heavy atom. The molecule has 0 bridgehead atoms. The number of nitrogens with zero attached hydrogens (tertiary/aromatic N) is 2. The predicted molar refractivity (Wildman–Crippen MR) is 86.7 cm³/mol. The molecule has 0 spiro atoms. The number of carboxylic acids is 1. The normalized spacial score (nSPS) is 10.6. The van der Waals surface area contributed by atoms with Crippen molar-refractivity contribution in [2.75, 3.05) is 6.54 Å². The SMILES string of the molecule is Cc1cc(F)ccc1-n1ccc(C(=O)NCCCCCC(=O)O)n1. The fraction of sp³-hybridized carbons (Fsp3) is 0.353. The van der Waals surface area contributed by atoms with Crippen LogP contribution >= 0.6 is 0 Å². The van der Waals surface area contributed by atoms with Crippen LogP contribution in [0.2, 0.25) is 0 Å². The van der Waals surface area contributed by atoms with Crippen LogP contribution in [-0.2, 0) is 4.79 Å². The summed E-state index contributed by atoms with van der Waals surface area (Å²) in [7, 11) is 0. The van der Waals surface area contributed by atoms with E-state index in [2.05, 4.69) is 10.4 Å². The molecular weight excluding hydrogens is 313 g/mol. The lowest BCUT2D eigenvalue weighted by atomic mass is 10.2. The summed E-state index contributed by atoms with van der Waals surface area (Å²) in [5.41, 5.74) is 1.72. The van der Waals surface area contributed by atoms with Gasteiger partial charge < -0.3 is 10.4 Å². The molecule has 1 heterocycles. The van der Waals surface area contributed by atoms with E-state index in [1.54, 1.807) is 25.3 Å². The van der Waals surface area contributed by atoms with Crippen molar-refractivity contribution in [1.29, 1.82) is 0 Å². The number of halogens is 1. The first-order chi connectivity index (χ1) is 11.5. The van der Waals surface area contributed by atoms with Gasteiger partial charge in [0.05, 0.1) is 5.69 Å². The Hall–Kier alpha value is -2.70. The molecule has 0 aliphatic heterocycles. The van der Waals surface area contributed by atoms with Crippen molar-refractivity contribution in [3.63, 3.8) is 0 Å². The molecule has 0 saturated carbocycles. The summed E-state index contributed by atoms with van der Waals surface area (Å²) in [4.78, 5) is 22.4. The van der Waals surface area contributed by atoms with Crippen molar-refractivity contribution in [1.82, 2.24) is 15.1 Å². The standard InChI is InChI=1S/C17H20FN3O3/c1-12-11-13(18)6-7-15(12)21-10-8-14(20-21)17(24)19-9-4-2-3-5-16(22)23/h6-8,10-11H,2-5,9H2,1H3,(H,19,24)(H,22,23). The van der Waals surface area contributed by atoms with Gasteiger partial charge in [-0.15, -0.1) is 0 Å². The van der Waals surface area contributed by atoms with Crippen molar-refractivity contribution in [2.24, 2.45) is 0 Å². The number of aromatic nitrogens is 2. The van der Waals surface area contributed by atoms with Crippen molar-refractivity contribution in [3.8, 4) is 5.69 Å². The largest absolute Gasteiger partial charge is 0.481 e. The Kier molecular flexibility index (Phi) is 6.06. The van der Waals surface area contributed by atoms with Crippen LogP contribution in [0.1, 0.15) is 41.7 Å². The first kappa shape index (κ1) is 17.7. The lowest BCUT2D eigenvalue weighted by molar-refractivity contribution is -0.137. The van der Waals surface area contributed by atoms with E-state index in [9.17, 15) is 14.0 Å². The molecule has 0 saturated heterocycles. The zero-order valence-electron chi connectivity index (χ0n) is 13.5. The number of carbonyl (C=O) groups excluding carboxylic acids is 1. The van der Waals surface area contributed by atoms with Gasteiger partial charge in [0.15, 0.2) is 5.69 Å². The van der Waals surface area contributed by atoms with Crippen molar-refractivity contribution >= 4 is 11.9 Å². The maximum absolute atomic E-state index is 13.1. The highest BCUT2D eigenvalue weighted by Gasteiger charge is 2.11. The Labute approximate surface area is 139 Å². The van der Waals surface area contributed by atoms with Gasteiger partial charge in [0.25, 0.3) is 5.91 Å². The van der Waals surface area contributed by atoms with E-state index in [-0.39, 0.29) is 23.8 Å². The third-order valence-corrected chi connectivity index (χ3v) is 3.58. The third kappa shape index (κ3) is 4.91. The summed E-state index contributed by atoms with van der Waals surface area (Å²) in [5, 5.41) is 15.5. The maximum Gasteiger partial charge on any atom is 0.303 e. The second-order valence-electron chi connectivity index (χ2n) is 5.54. The minimum absolute atomic E-state index is 0.148. The lowest BCUT2D eigenvalue weighted by Crippen LogP contribution is -2.25. The van der Waals surface area contributed by atoms with Crippen LogP contribution in [0.15, 0.2) is 30.5 Å². The minimum Gasteiger partial charge on any atom is -0.481 e. The third-order valence-electron chi connectivity index (χ3n) is 3.58. The van der Waals surface area contributed by atoms with Crippen LogP contribution in [0.4, 0.5) is 4.39 Å². The second kappa shape index (κ2) is 8.24. The second-order valence-corrected chi connectivity index (χ2v) is 5.54. The summed E-state index contributed by atoms with van der Waals surface area (Å²) in [6, 6.07) is 5.97. The first-order valence-corrected chi connectivity index (χ1v) is 7.79. The summed E-state index contributed by atoms with van der Waals surface area (Å²) in [6.07, 6.45) is 3.87. The topological polar surface area (TPSA) is 84.2 Å². The molecule has 6 nitrogen and oxygen atoms in total. The van der Waals surface area contributed by atoms with Gasteiger partial charge in [-0.25, -0.2) is 9.07 Å². The zero-order valence-corrected chi connectivity index (χ0v) is 13.5. The Morgan fingerprint density at radius 2 is 2.04 bits per heavy atom. The van der Waals surface area contributed by atoms with Crippen LogP contribution in [0, 0.1) is 12.7 Å². The van der Waals surface area contributed by atoms with Crippen LogP contribution in [0.5, 0.6) is 0 Å². The molecule has 1 amide bonds. The van der Waals surface area contributed by atoms with Gasteiger partial charge >= 0.3 is 5.97 Å². The van der Waals surface area contributed by atoms with E-state index in [0.717, 1.165) is 18.4 Å². The average Bonchev–Trinajstić information content (AvgIpc) is 3.00. The smallest absolute Gasteiger partial charge is 0.303 e. The molecular formula is C17H20FN3O3. The minimum atomic E-state index is -0.805. The lowest BCUT2D eigenvalue weighted by Gasteiger charge is -2.06. The van der Waals surface area contributed by atoms with Crippen molar-refractivity contribution in [2.45, 2.75) is 32.6 Å². The summed E-state index contributed by atoms with van der Waals surface area (Å²) < 4.78 is 14.7. The molecule has 2 N–H and O–H groups in total. The Balaban J connectivity index is 1.86. The molecule has 1 aromatic carbocycles. The highest BCUT2D eigenvalue weighted by molar-refractivity contribution is 5.92. The van der Waals surface area contributed by atoms with E-state index >= 15 is 0 Å². The van der Waals surface area contributed by atoms with E-state index in [1.165, 1.54) is 16.8 Å². The molecule has 0 unspecified atom stereocenters. The van der Waals surface area contributed by atoms with Gasteiger partial charge in [-0.1, -0.05) is 6.42 Å². The molecule has 0 aliphatic carbocycles. The van der Waals surface area contributed by atoms with E-state index < -0.39 is 5.97 Å². The molecule has 1 aromatic heterocycles. The fourth-order valence-electron chi connectivity index (χ4n) is 2.33. The Bertz CT molecular complexity index is 728. The number of unbranched alkanes of at least 4 members (excludes halogenated alkanes) is 2. The van der Waals surface area contributed by atoms with Gasteiger partial charge in [0, 0.05) is 19.2 Å². The number of rotatable bonds is 8. The van der Waals surface area contributed by atoms with E-state index in [1.807, 2.05) is 0 Å². The average molecular weight is 333 g/mol. The molecule has 0 aliphatic rings. The van der Waals surface area contributed by atoms with Gasteiger partial charge in [-0.05, 0) is 49.6 Å². The number of aryl methyl sites for hydroxylation is 1. The molecule has 2 rings (SSSR count). The summed E-state index contributed by atoms with van der Waals surface area (Å²) in [5.74, 6) is -1.41. The quantitative estimate of drug-likeness (QED) is 0.728. The highest BCUT2D eigenvalue weighted by atomic mass is 19.1. The van der Waals surface area contributed by atoms with Gasteiger partial charge in [-0.2, -0.15) is 5.10 Å². The van der Waals surface area contributed by atoms with Crippen molar-refractivity contribution in [3.05, 3.63) is 47.5 Å². The van der Waals surface area contributed by atoms with E-state index in [4.69, 9.17) is 5.11 Å². The number of aliphatic carboxylic acids is 1. The number of benzene rings is 1. The zero-order chi connectivity index (χ0) is 17.5. The number of nitrogens with one attached hydrogen (secondary N) is 1. The molecule has 0 atom stereocenters. The number of hydrogen-bond acceptors (Lipinski definition) is 3. The number of hydrogen-bond donors (Lipinski definition) is 2. The van der Waals surface area contributed by atoms with Crippen LogP contribution in [-0.4, -0.2) is 33.3 Å². The van der Waals surface area contributed by atoms with Gasteiger partial charge in [0.1, 0.15) is 5.82 Å². The van der Waals surface area contributed by atoms with Crippen LogP contribution in [0.25, 0.3) is 5.69 Å². The number of amides is 1. The van der Waals surface area contributed by atoms with Gasteiger partial charge in [-0.3, -0.25) is 9.59 Å². The number of carboxylic acid groups (broad SMARTS) is 1. The van der Waals surface area contributed by atoms with Gasteiger partial charge in [0.2, 0.25) is 0 Å². The van der Waals surface area contributed by atoms with Crippen LogP contribution in [0.3, 0.4) is 0 Å². The fourth-order valence-corrected chi connectivity index (χ4v) is 2.33. The molecule has 0 radical (unpaired) electrons. The molecule has 2 aromatic rings. The van der Waals surface area contributed by atoms with Crippen LogP contribution < -0.4 is 5.32 Å². The maximum atomic E-state index is 13.1. The van der Waals surface area contributed by atoms with Crippen molar-refractivity contribution < 1.29 is 19.1 Å². The molecule has 0 fully saturated rings. The summed E-state index contributed by atoms with van der Waals surface area (Å²) >= 11 is 0. The molecule has 7 heteroatoms. The monoisotopic (exact) mass is 333 g/mol. The summed E-state index contributed by atoms with van der Waals surface area (Å²) in [6.45, 7) is 2.25. The number of carbonyl (C=O) groups is 2. The first-order valence-electron chi connectivity index (χ1n) is 7.79. The predicted octanol–water partition coefficient (Wildman–Crippen LogP) is 2.69. The van der Waals surface area contributed by atoms with E-state index in [0.29, 0.717) is 18.7 Å². The highest BCUT2D eigenvalue weighted by Crippen LogP contribution is 2.15. The Morgan fingerprint density at radius 1 is 1.25 bits per heavy atom. The molecule has 128 valence electrons.